The van der Waals surface area contributed by atoms with Crippen LogP contribution in [0.1, 0.15) is 38.3 Å². The molecule has 2 fully saturated rings. The lowest BCUT2D eigenvalue weighted by molar-refractivity contribution is -0.146. The van der Waals surface area contributed by atoms with Crippen LogP contribution in [0.3, 0.4) is 0 Å². The topological polar surface area (TPSA) is 62.7 Å². The molecule has 3 rings (SSSR count). The molecule has 7 heteroatoms. The van der Waals surface area contributed by atoms with Crippen LogP contribution in [0.25, 0.3) is 0 Å². The smallest absolute Gasteiger partial charge is 0.323 e. The Labute approximate surface area is 134 Å². The van der Waals surface area contributed by atoms with Crippen molar-refractivity contribution in [1.82, 2.24) is 9.88 Å². The number of nitrogens with zero attached hydrogens (tertiary/aromatic N) is 3. The Morgan fingerprint density at radius 1 is 1.45 bits per heavy atom. The van der Waals surface area contributed by atoms with Crippen molar-refractivity contribution in [2.45, 2.75) is 51.2 Å². The maximum atomic E-state index is 11.8. The number of hydrogen-bond acceptors (Lipinski definition) is 6. The van der Waals surface area contributed by atoms with E-state index in [0.29, 0.717) is 12.6 Å². The number of hydrogen-bond donors (Lipinski definition) is 0. The maximum Gasteiger partial charge on any atom is 0.323 e. The second-order valence-corrected chi connectivity index (χ2v) is 6.73. The first kappa shape index (κ1) is 15.4. The average Bonchev–Trinajstić information content (AvgIpc) is 3.02. The van der Waals surface area contributed by atoms with E-state index < -0.39 is 0 Å². The van der Waals surface area contributed by atoms with E-state index in [0.717, 1.165) is 43.1 Å². The van der Waals surface area contributed by atoms with Crippen LogP contribution in [0.4, 0.5) is 5.13 Å². The summed E-state index contributed by atoms with van der Waals surface area (Å²) in [5, 5.41) is 2.76. The second kappa shape index (κ2) is 6.34. The van der Waals surface area contributed by atoms with E-state index in [1.165, 1.54) is 18.4 Å². The number of likely N-dealkylation sites (tertiary alicyclic amines) is 1. The van der Waals surface area contributed by atoms with Gasteiger partial charge in [-0.25, -0.2) is 4.98 Å². The molecule has 1 unspecified atom stereocenters. The van der Waals surface area contributed by atoms with E-state index in [2.05, 4.69) is 9.88 Å². The molecule has 120 valence electrons. The van der Waals surface area contributed by atoms with Crippen LogP contribution in [-0.4, -0.2) is 47.5 Å². The van der Waals surface area contributed by atoms with Crippen LogP contribution in [-0.2, 0) is 20.9 Å². The van der Waals surface area contributed by atoms with E-state index >= 15 is 0 Å². The predicted octanol–water partition coefficient (Wildman–Crippen LogP) is 1.80. The molecule has 6 nitrogen and oxygen atoms in total. The summed E-state index contributed by atoms with van der Waals surface area (Å²) in [6.07, 6.45) is 3.96. The molecule has 1 aliphatic heterocycles. The van der Waals surface area contributed by atoms with Crippen LogP contribution >= 0.6 is 11.3 Å². The highest BCUT2D eigenvalue weighted by atomic mass is 32.1. The summed E-state index contributed by atoms with van der Waals surface area (Å²) in [7, 11) is 1.43. The zero-order chi connectivity index (χ0) is 15.7. The molecule has 0 radical (unpaired) electrons. The molecule has 1 saturated heterocycles. The summed E-state index contributed by atoms with van der Waals surface area (Å²) < 4.78 is 4.87. The molecule has 0 aromatic carbocycles. The van der Waals surface area contributed by atoms with Crippen molar-refractivity contribution in [2.24, 2.45) is 0 Å². The van der Waals surface area contributed by atoms with Gasteiger partial charge in [-0.1, -0.05) is 0 Å². The van der Waals surface area contributed by atoms with Crippen molar-refractivity contribution in [1.29, 1.82) is 0 Å². The standard InChI is InChI=1S/C15H21N3O3S/c1-10(19)18(12-5-6-12)15-16-11(9-22-15)8-17-7-3-4-13(17)14(20)21-2/h9,12-13H,3-8H2,1-2H3. The van der Waals surface area contributed by atoms with Crippen molar-refractivity contribution in [3.05, 3.63) is 11.1 Å². The molecule has 1 amide bonds. The molecular weight excluding hydrogens is 302 g/mol. The maximum absolute atomic E-state index is 11.8. The number of ether oxygens (including phenoxy) is 1. The van der Waals surface area contributed by atoms with Crippen LogP contribution in [0, 0.1) is 0 Å². The third kappa shape index (κ3) is 3.15. The van der Waals surface area contributed by atoms with Crippen LogP contribution in [0.2, 0.25) is 0 Å². The fourth-order valence-corrected chi connectivity index (χ4v) is 3.92. The highest BCUT2D eigenvalue weighted by Gasteiger charge is 2.35. The summed E-state index contributed by atoms with van der Waals surface area (Å²) >= 11 is 1.50. The first-order valence-electron chi connectivity index (χ1n) is 7.66. The van der Waals surface area contributed by atoms with Crippen molar-refractivity contribution in [2.75, 3.05) is 18.6 Å². The molecule has 1 aliphatic carbocycles. The van der Waals surface area contributed by atoms with Gasteiger partial charge in [0, 0.05) is 24.9 Å². The van der Waals surface area contributed by atoms with Crippen LogP contribution in [0.15, 0.2) is 5.38 Å². The Morgan fingerprint density at radius 2 is 2.23 bits per heavy atom. The van der Waals surface area contributed by atoms with Crippen molar-refractivity contribution in [3.63, 3.8) is 0 Å². The Kier molecular flexibility index (Phi) is 4.44. The van der Waals surface area contributed by atoms with Gasteiger partial charge in [0.05, 0.1) is 12.8 Å². The average molecular weight is 323 g/mol. The predicted molar refractivity (Wildman–Crippen MR) is 83.7 cm³/mol. The monoisotopic (exact) mass is 323 g/mol. The molecule has 1 atom stereocenters. The molecule has 1 aromatic rings. The molecule has 0 spiro atoms. The Balaban J connectivity index is 1.68. The number of amides is 1. The normalized spacial score (nSPS) is 21.8. The summed E-state index contributed by atoms with van der Waals surface area (Å²) in [6, 6.07) is 0.161. The number of aromatic nitrogens is 1. The highest BCUT2D eigenvalue weighted by Crippen LogP contribution is 2.34. The SMILES string of the molecule is COC(=O)C1CCCN1Cc1csc(N(C(C)=O)C2CC2)n1. The van der Waals surface area contributed by atoms with Crippen molar-refractivity contribution < 1.29 is 14.3 Å². The zero-order valence-corrected chi connectivity index (χ0v) is 13.8. The van der Waals surface area contributed by atoms with E-state index in [9.17, 15) is 9.59 Å². The van der Waals surface area contributed by atoms with Gasteiger partial charge >= 0.3 is 5.97 Å². The summed E-state index contributed by atoms with van der Waals surface area (Å²) in [6.45, 7) is 3.10. The van der Waals surface area contributed by atoms with Crippen LogP contribution in [0.5, 0.6) is 0 Å². The minimum Gasteiger partial charge on any atom is -0.468 e. The van der Waals surface area contributed by atoms with Gasteiger partial charge in [0.2, 0.25) is 5.91 Å². The lowest BCUT2D eigenvalue weighted by Gasteiger charge is -2.21. The Hall–Kier alpha value is -1.47. The van der Waals surface area contributed by atoms with Crippen molar-refractivity contribution >= 4 is 28.3 Å². The molecule has 1 saturated carbocycles. The second-order valence-electron chi connectivity index (χ2n) is 5.89. The highest BCUT2D eigenvalue weighted by molar-refractivity contribution is 7.14. The third-order valence-electron chi connectivity index (χ3n) is 4.20. The number of anilines is 1. The summed E-state index contributed by atoms with van der Waals surface area (Å²) in [5.41, 5.74) is 0.919. The van der Waals surface area contributed by atoms with Gasteiger partial charge in [0.1, 0.15) is 6.04 Å². The molecule has 1 aromatic heterocycles. The first-order chi connectivity index (χ1) is 10.6. The largest absolute Gasteiger partial charge is 0.468 e. The first-order valence-corrected chi connectivity index (χ1v) is 8.54. The van der Waals surface area contributed by atoms with Gasteiger partial charge < -0.3 is 4.74 Å². The van der Waals surface area contributed by atoms with Gasteiger partial charge in [-0.2, -0.15) is 0 Å². The minimum atomic E-state index is -0.170. The lowest BCUT2D eigenvalue weighted by atomic mass is 10.2. The van der Waals surface area contributed by atoms with Gasteiger partial charge in [0.25, 0.3) is 0 Å². The van der Waals surface area contributed by atoms with E-state index in [1.54, 1.807) is 11.8 Å². The van der Waals surface area contributed by atoms with Crippen molar-refractivity contribution in [3.8, 4) is 0 Å². The third-order valence-corrected chi connectivity index (χ3v) is 5.09. The fraction of sp³-hybridized carbons (Fsp3) is 0.667. The van der Waals surface area contributed by atoms with E-state index in [4.69, 9.17) is 4.74 Å². The summed E-state index contributed by atoms with van der Waals surface area (Å²) in [5.74, 6) is -0.117. The van der Waals surface area contributed by atoms with Gasteiger partial charge in [-0.05, 0) is 32.2 Å². The van der Waals surface area contributed by atoms with E-state index in [-0.39, 0.29) is 17.9 Å². The molecule has 2 aliphatic rings. The summed E-state index contributed by atoms with van der Waals surface area (Å²) in [4.78, 5) is 32.1. The minimum absolute atomic E-state index is 0.0528. The molecule has 0 N–H and O–H groups in total. The number of methoxy groups -OCH3 is 1. The van der Waals surface area contributed by atoms with Gasteiger partial charge in [-0.15, -0.1) is 11.3 Å². The molecule has 0 bridgehead atoms. The quantitative estimate of drug-likeness (QED) is 0.773. The van der Waals surface area contributed by atoms with Crippen LogP contribution < -0.4 is 4.90 Å². The molecule has 2 heterocycles. The van der Waals surface area contributed by atoms with E-state index in [1.807, 2.05) is 5.38 Å². The zero-order valence-electron chi connectivity index (χ0n) is 12.9. The molecular formula is C15H21N3O3S. The Bertz CT molecular complexity index is 570. The number of rotatable bonds is 5. The van der Waals surface area contributed by atoms with Gasteiger partial charge in [-0.3, -0.25) is 19.4 Å². The number of carbonyl (C=O) groups is 2. The molecule has 22 heavy (non-hydrogen) atoms. The lowest BCUT2D eigenvalue weighted by Crippen LogP contribution is -2.36. The van der Waals surface area contributed by atoms with Gasteiger partial charge in [0.15, 0.2) is 5.13 Å². The number of esters is 1. The number of carbonyl (C=O) groups excluding carboxylic acids is 2. The fourth-order valence-electron chi connectivity index (χ4n) is 2.99. The Morgan fingerprint density at radius 3 is 2.86 bits per heavy atom. The number of thiazole rings is 1.